The monoisotopic (exact) mass is 387 g/mol. The van der Waals surface area contributed by atoms with E-state index in [0.717, 1.165) is 36.5 Å². The van der Waals surface area contributed by atoms with Gasteiger partial charge in [0.05, 0.1) is 12.7 Å². The summed E-state index contributed by atoms with van der Waals surface area (Å²) in [6.07, 6.45) is 5.48. The van der Waals surface area contributed by atoms with Gasteiger partial charge in [-0.2, -0.15) is 5.10 Å². The minimum Gasteiger partial charge on any atom is -0.306 e. The van der Waals surface area contributed by atoms with E-state index in [9.17, 15) is 0 Å². The molecule has 0 spiro atoms. The first-order chi connectivity index (χ1) is 12.3. The Labute approximate surface area is 165 Å². The normalized spacial score (nSPS) is 16.0. The summed E-state index contributed by atoms with van der Waals surface area (Å²) in [4.78, 5) is 0. The van der Waals surface area contributed by atoms with Crippen molar-refractivity contribution in [2.75, 3.05) is 0 Å². The van der Waals surface area contributed by atoms with Gasteiger partial charge in [-0.3, -0.25) is 4.68 Å². The van der Waals surface area contributed by atoms with Crippen LogP contribution in [0.2, 0.25) is 5.02 Å². The zero-order valence-corrected chi connectivity index (χ0v) is 16.1. The lowest BCUT2D eigenvalue weighted by Gasteiger charge is -2.24. The van der Waals surface area contributed by atoms with E-state index in [1.807, 2.05) is 24.4 Å². The van der Waals surface area contributed by atoms with Gasteiger partial charge < -0.3 is 5.32 Å². The van der Waals surface area contributed by atoms with Crippen LogP contribution < -0.4 is 5.32 Å². The number of hydrogen-bond donors (Lipinski definition) is 1. The van der Waals surface area contributed by atoms with Crippen LogP contribution in [-0.4, -0.2) is 9.78 Å². The molecule has 0 bridgehead atoms. The van der Waals surface area contributed by atoms with Gasteiger partial charge in [0.15, 0.2) is 0 Å². The van der Waals surface area contributed by atoms with Crippen LogP contribution in [0.4, 0.5) is 0 Å². The van der Waals surface area contributed by atoms with E-state index in [0.29, 0.717) is 6.04 Å². The molecule has 4 rings (SSSR count). The van der Waals surface area contributed by atoms with Crippen molar-refractivity contribution in [3.05, 3.63) is 88.2 Å². The third-order valence-electron chi connectivity index (χ3n) is 4.93. The highest BCUT2D eigenvalue weighted by atomic mass is 35.5. The molecule has 2 aromatic carbocycles. The van der Waals surface area contributed by atoms with E-state index in [1.54, 1.807) is 0 Å². The van der Waals surface area contributed by atoms with Crippen LogP contribution in [0, 0.1) is 0 Å². The Morgan fingerprint density at radius 3 is 2.65 bits per heavy atom. The summed E-state index contributed by atoms with van der Waals surface area (Å²) in [6, 6.07) is 18.9. The summed E-state index contributed by atoms with van der Waals surface area (Å²) in [5.74, 6) is 0. The predicted molar refractivity (Wildman–Crippen MR) is 109 cm³/mol. The second-order valence-electron chi connectivity index (χ2n) is 6.61. The van der Waals surface area contributed by atoms with Crippen LogP contribution >= 0.6 is 24.0 Å². The summed E-state index contributed by atoms with van der Waals surface area (Å²) >= 11 is 6.28. The Morgan fingerprint density at radius 1 is 1.08 bits per heavy atom. The van der Waals surface area contributed by atoms with Crippen LogP contribution in [0.25, 0.3) is 0 Å². The highest BCUT2D eigenvalue weighted by Crippen LogP contribution is 2.30. The van der Waals surface area contributed by atoms with Crippen LogP contribution in [0.15, 0.2) is 60.8 Å². The Balaban J connectivity index is 0.00000196. The third kappa shape index (κ3) is 4.12. The van der Waals surface area contributed by atoms with Gasteiger partial charge in [-0.15, -0.1) is 12.4 Å². The zero-order chi connectivity index (χ0) is 17.1. The molecule has 0 fully saturated rings. The van der Waals surface area contributed by atoms with Crippen LogP contribution in [-0.2, 0) is 19.5 Å². The van der Waals surface area contributed by atoms with E-state index in [1.165, 1.54) is 23.2 Å². The van der Waals surface area contributed by atoms with Crippen molar-refractivity contribution in [1.82, 2.24) is 15.1 Å². The number of rotatable bonds is 5. The summed E-state index contributed by atoms with van der Waals surface area (Å²) in [5, 5.41) is 9.17. The Morgan fingerprint density at radius 2 is 1.85 bits per heavy atom. The molecule has 0 saturated carbocycles. The molecular weight excluding hydrogens is 365 g/mol. The predicted octanol–water partition coefficient (Wildman–Crippen LogP) is 5.17. The minimum absolute atomic E-state index is 0. The van der Waals surface area contributed by atoms with E-state index in [-0.39, 0.29) is 12.4 Å². The second kappa shape index (κ2) is 8.72. The number of nitrogens with zero attached hydrogens (tertiary/aromatic N) is 2. The Bertz CT molecular complexity index is 845. The standard InChI is InChI=1S/C21H22ClN3.ClH/c22-19-10-5-4-9-17(19)13-23-20-11-6-12-21-18(20)14-24-25(21)15-16-7-2-1-3-8-16;/h1-5,7-10,14,20,23H,6,11-13,15H2;1H. The van der Waals surface area contributed by atoms with Gasteiger partial charge in [-0.25, -0.2) is 0 Å². The molecule has 0 aliphatic heterocycles. The van der Waals surface area contributed by atoms with Crippen LogP contribution in [0.5, 0.6) is 0 Å². The summed E-state index contributed by atoms with van der Waals surface area (Å²) < 4.78 is 2.16. The molecule has 0 radical (unpaired) electrons. The highest BCUT2D eigenvalue weighted by Gasteiger charge is 2.24. The summed E-state index contributed by atoms with van der Waals surface area (Å²) in [5.41, 5.74) is 5.15. The van der Waals surface area contributed by atoms with Crippen molar-refractivity contribution in [2.45, 2.75) is 38.4 Å². The number of hydrogen-bond acceptors (Lipinski definition) is 2. The molecule has 1 aromatic heterocycles. The van der Waals surface area contributed by atoms with Crippen molar-refractivity contribution in [2.24, 2.45) is 0 Å². The number of benzene rings is 2. The van der Waals surface area contributed by atoms with E-state index >= 15 is 0 Å². The lowest BCUT2D eigenvalue weighted by Crippen LogP contribution is -2.25. The fourth-order valence-electron chi connectivity index (χ4n) is 3.60. The maximum absolute atomic E-state index is 6.28. The maximum atomic E-state index is 6.28. The average molecular weight is 388 g/mol. The molecule has 1 heterocycles. The van der Waals surface area contributed by atoms with Gasteiger partial charge in [0.25, 0.3) is 0 Å². The molecule has 1 unspecified atom stereocenters. The van der Waals surface area contributed by atoms with Crippen molar-refractivity contribution in [1.29, 1.82) is 0 Å². The molecule has 1 N–H and O–H groups in total. The molecule has 3 nitrogen and oxygen atoms in total. The fraction of sp³-hybridized carbons (Fsp3) is 0.286. The molecule has 1 aliphatic rings. The summed E-state index contributed by atoms with van der Waals surface area (Å²) in [7, 11) is 0. The number of fused-ring (bicyclic) bond motifs is 1. The Hall–Kier alpha value is -1.81. The van der Waals surface area contributed by atoms with Crippen LogP contribution in [0.1, 0.15) is 41.3 Å². The van der Waals surface area contributed by atoms with E-state index in [2.05, 4.69) is 51.5 Å². The first kappa shape index (κ1) is 19.0. The topological polar surface area (TPSA) is 29.9 Å². The fourth-order valence-corrected chi connectivity index (χ4v) is 3.80. The number of nitrogens with one attached hydrogen (secondary N) is 1. The van der Waals surface area contributed by atoms with Crippen molar-refractivity contribution >= 4 is 24.0 Å². The summed E-state index contributed by atoms with van der Waals surface area (Å²) in [6.45, 7) is 1.63. The molecule has 1 atom stereocenters. The van der Waals surface area contributed by atoms with Crippen molar-refractivity contribution < 1.29 is 0 Å². The van der Waals surface area contributed by atoms with Crippen molar-refractivity contribution in [3.63, 3.8) is 0 Å². The molecule has 136 valence electrons. The van der Waals surface area contributed by atoms with Gasteiger partial charge in [0.2, 0.25) is 0 Å². The first-order valence-electron chi connectivity index (χ1n) is 8.86. The van der Waals surface area contributed by atoms with Gasteiger partial charge in [0.1, 0.15) is 0 Å². The zero-order valence-electron chi connectivity index (χ0n) is 14.6. The van der Waals surface area contributed by atoms with Crippen LogP contribution in [0.3, 0.4) is 0 Å². The molecule has 26 heavy (non-hydrogen) atoms. The average Bonchev–Trinajstić information content (AvgIpc) is 3.05. The van der Waals surface area contributed by atoms with Crippen molar-refractivity contribution in [3.8, 4) is 0 Å². The molecule has 5 heteroatoms. The highest BCUT2D eigenvalue weighted by molar-refractivity contribution is 6.31. The largest absolute Gasteiger partial charge is 0.306 e. The third-order valence-corrected chi connectivity index (χ3v) is 5.30. The van der Waals surface area contributed by atoms with Gasteiger partial charge in [0, 0.05) is 28.9 Å². The minimum atomic E-state index is 0. The smallest absolute Gasteiger partial charge is 0.0662 e. The SMILES string of the molecule is Cl.Clc1ccccc1CNC1CCCc2c1cnn2Cc1ccccc1. The Kier molecular flexibility index (Phi) is 6.36. The van der Waals surface area contributed by atoms with E-state index in [4.69, 9.17) is 11.6 Å². The second-order valence-corrected chi connectivity index (χ2v) is 7.01. The molecular formula is C21H23Cl2N3. The lowest BCUT2D eigenvalue weighted by molar-refractivity contribution is 0.449. The lowest BCUT2D eigenvalue weighted by atomic mass is 9.92. The molecule has 0 saturated heterocycles. The van der Waals surface area contributed by atoms with E-state index < -0.39 is 0 Å². The molecule has 1 aliphatic carbocycles. The molecule has 3 aromatic rings. The first-order valence-corrected chi connectivity index (χ1v) is 9.24. The molecule has 0 amide bonds. The van der Waals surface area contributed by atoms with Gasteiger partial charge >= 0.3 is 0 Å². The quantitative estimate of drug-likeness (QED) is 0.653. The number of halogens is 2. The van der Waals surface area contributed by atoms with Gasteiger partial charge in [-0.05, 0) is 36.5 Å². The van der Waals surface area contributed by atoms with Gasteiger partial charge in [-0.1, -0.05) is 60.1 Å². The number of aromatic nitrogens is 2. The maximum Gasteiger partial charge on any atom is 0.0662 e.